The lowest BCUT2D eigenvalue weighted by molar-refractivity contribution is -0.0918. The molecule has 1 atom stereocenters. The molecule has 1 unspecified atom stereocenters. The fourth-order valence-corrected chi connectivity index (χ4v) is 2.45. The summed E-state index contributed by atoms with van der Waals surface area (Å²) in [7, 11) is 0. The molecule has 0 saturated carbocycles. The maximum Gasteiger partial charge on any atom is 0.410 e. The third-order valence-electron chi connectivity index (χ3n) is 3.45. The molecule has 0 N–H and O–H groups in total. The summed E-state index contributed by atoms with van der Waals surface area (Å²) < 4.78 is 16.7. The molecule has 1 saturated heterocycles. The van der Waals surface area contributed by atoms with Crippen molar-refractivity contribution in [1.29, 1.82) is 0 Å². The first-order chi connectivity index (χ1) is 9.77. The molecule has 2 rings (SSSR count). The predicted octanol–water partition coefficient (Wildman–Crippen LogP) is 3.59. The maximum atomic E-state index is 12.2. The van der Waals surface area contributed by atoms with Crippen LogP contribution in [0.25, 0.3) is 0 Å². The molecule has 0 spiro atoms. The molecule has 5 heteroatoms. The predicted molar refractivity (Wildman–Crippen MR) is 78.9 cm³/mol. The number of carbonyl (C=O) groups excluding carboxylic acids is 1. The van der Waals surface area contributed by atoms with Gasteiger partial charge in [0.2, 0.25) is 0 Å². The molecule has 1 aliphatic heterocycles. The number of nitrogens with zero attached hydrogens (tertiary/aromatic N) is 1. The van der Waals surface area contributed by atoms with Crippen LogP contribution in [-0.4, -0.2) is 35.3 Å². The van der Waals surface area contributed by atoms with Crippen LogP contribution in [0.15, 0.2) is 22.8 Å². The van der Waals surface area contributed by atoms with Crippen LogP contribution in [0.1, 0.15) is 46.3 Å². The smallest absolute Gasteiger partial charge is 0.410 e. The van der Waals surface area contributed by atoms with Crippen molar-refractivity contribution >= 4 is 6.09 Å². The van der Waals surface area contributed by atoms with Gasteiger partial charge < -0.3 is 18.8 Å². The summed E-state index contributed by atoms with van der Waals surface area (Å²) in [5.41, 5.74) is -0.831. The van der Waals surface area contributed by atoms with Crippen molar-refractivity contribution in [1.82, 2.24) is 4.90 Å². The molecule has 1 aromatic heterocycles. The molecule has 0 aromatic carbocycles. The van der Waals surface area contributed by atoms with Crippen molar-refractivity contribution in [3.05, 3.63) is 24.2 Å². The molecule has 1 aliphatic rings. The minimum absolute atomic E-state index is 0.268. The minimum atomic E-state index is -0.472. The lowest BCUT2D eigenvalue weighted by atomic mass is 9.95. The Morgan fingerprint density at radius 2 is 2.24 bits per heavy atom. The molecule has 21 heavy (non-hydrogen) atoms. The maximum absolute atomic E-state index is 12.2. The average molecular weight is 295 g/mol. The van der Waals surface area contributed by atoms with Gasteiger partial charge in [0.15, 0.2) is 0 Å². The monoisotopic (exact) mass is 295 g/mol. The van der Waals surface area contributed by atoms with Crippen molar-refractivity contribution in [3.8, 4) is 0 Å². The van der Waals surface area contributed by atoms with E-state index in [1.165, 1.54) is 0 Å². The fourth-order valence-electron chi connectivity index (χ4n) is 2.45. The average Bonchev–Trinajstić information content (AvgIpc) is 2.88. The van der Waals surface area contributed by atoms with E-state index in [2.05, 4.69) is 0 Å². The van der Waals surface area contributed by atoms with Crippen molar-refractivity contribution < 1.29 is 18.7 Å². The van der Waals surface area contributed by atoms with Gasteiger partial charge >= 0.3 is 6.09 Å². The van der Waals surface area contributed by atoms with Crippen molar-refractivity contribution in [2.75, 3.05) is 13.1 Å². The Balaban J connectivity index is 1.91. The summed E-state index contributed by atoms with van der Waals surface area (Å²) in [5.74, 6) is 0.797. The largest absolute Gasteiger partial charge is 0.467 e. The Hall–Kier alpha value is -1.49. The summed E-state index contributed by atoms with van der Waals surface area (Å²) in [4.78, 5) is 13.9. The molecule has 1 aromatic rings. The molecular formula is C16H25NO4. The molecule has 0 bridgehead atoms. The third-order valence-corrected chi connectivity index (χ3v) is 3.45. The van der Waals surface area contributed by atoms with Crippen LogP contribution in [0.4, 0.5) is 4.79 Å². The van der Waals surface area contributed by atoms with Gasteiger partial charge in [-0.15, -0.1) is 0 Å². The zero-order valence-corrected chi connectivity index (χ0v) is 13.3. The Morgan fingerprint density at radius 1 is 1.48 bits per heavy atom. The number of amides is 1. The lowest BCUT2D eigenvalue weighted by Crippen LogP contribution is -2.51. The highest BCUT2D eigenvalue weighted by molar-refractivity contribution is 5.68. The van der Waals surface area contributed by atoms with Gasteiger partial charge in [-0.05, 0) is 52.7 Å². The molecule has 0 radical (unpaired) electrons. The van der Waals surface area contributed by atoms with E-state index in [0.29, 0.717) is 19.7 Å². The first-order valence-corrected chi connectivity index (χ1v) is 7.42. The minimum Gasteiger partial charge on any atom is -0.467 e. The van der Waals surface area contributed by atoms with Gasteiger partial charge in [0.05, 0.1) is 18.4 Å². The number of piperidine rings is 1. The normalized spacial score (nSPS) is 23.1. The standard InChI is InChI=1S/C16H25NO4/c1-15(2,3)21-14(18)17-9-6-8-16(4,12-17)20-11-13-7-5-10-19-13/h5,7,10H,6,8-9,11-12H2,1-4H3. The number of ether oxygens (including phenoxy) is 2. The SMILES string of the molecule is CC(C)(C)OC(=O)N1CCCC(C)(OCc2ccco2)C1. The van der Waals surface area contributed by atoms with Gasteiger partial charge in [0, 0.05) is 6.54 Å². The second-order valence-corrected chi connectivity index (χ2v) is 6.82. The van der Waals surface area contributed by atoms with Crippen LogP contribution < -0.4 is 0 Å². The Bertz CT molecular complexity index is 463. The molecular weight excluding hydrogens is 270 g/mol. The first kappa shape index (κ1) is 15.9. The fraction of sp³-hybridized carbons (Fsp3) is 0.688. The zero-order valence-electron chi connectivity index (χ0n) is 13.3. The van der Waals surface area contributed by atoms with E-state index >= 15 is 0 Å². The molecule has 0 aliphatic carbocycles. The first-order valence-electron chi connectivity index (χ1n) is 7.42. The van der Waals surface area contributed by atoms with E-state index in [0.717, 1.165) is 18.6 Å². The Labute approximate surface area is 126 Å². The highest BCUT2D eigenvalue weighted by atomic mass is 16.6. The van der Waals surface area contributed by atoms with Crippen LogP contribution in [-0.2, 0) is 16.1 Å². The number of furan rings is 1. The van der Waals surface area contributed by atoms with Crippen molar-refractivity contribution in [3.63, 3.8) is 0 Å². The van der Waals surface area contributed by atoms with Gasteiger partial charge in [-0.3, -0.25) is 0 Å². The highest BCUT2D eigenvalue weighted by Gasteiger charge is 2.35. The summed E-state index contributed by atoms with van der Waals surface area (Å²) in [6, 6.07) is 3.73. The van der Waals surface area contributed by atoms with Crippen LogP contribution in [0.3, 0.4) is 0 Å². The van der Waals surface area contributed by atoms with Gasteiger partial charge in [0.1, 0.15) is 18.0 Å². The van der Waals surface area contributed by atoms with Crippen molar-refractivity contribution in [2.24, 2.45) is 0 Å². The van der Waals surface area contributed by atoms with E-state index in [9.17, 15) is 4.79 Å². The molecule has 118 valence electrons. The third kappa shape index (κ3) is 4.77. The number of carbonyl (C=O) groups is 1. The van der Waals surface area contributed by atoms with E-state index in [1.807, 2.05) is 39.8 Å². The Kier molecular flexibility index (Phi) is 4.61. The second-order valence-electron chi connectivity index (χ2n) is 6.82. The lowest BCUT2D eigenvalue weighted by Gasteiger charge is -2.40. The molecule has 2 heterocycles. The topological polar surface area (TPSA) is 51.9 Å². The highest BCUT2D eigenvalue weighted by Crippen LogP contribution is 2.27. The summed E-state index contributed by atoms with van der Waals surface area (Å²) in [5, 5.41) is 0. The van der Waals surface area contributed by atoms with Crippen LogP contribution in [0.2, 0.25) is 0 Å². The molecule has 1 fully saturated rings. The zero-order chi connectivity index (χ0) is 15.5. The van der Waals surface area contributed by atoms with E-state index in [1.54, 1.807) is 11.2 Å². The van der Waals surface area contributed by atoms with E-state index in [4.69, 9.17) is 13.9 Å². The van der Waals surface area contributed by atoms with Crippen LogP contribution in [0, 0.1) is 0 Å². The van der Waals surface area contributed by atoms with E-state index in [-0.39, 0.29) is 11.7 Å². The summed E-state index contributed by atoms with van der Waals surface area (Å²) in [6.45, 7) is 9.35. The van der Waals surface area contributed by atoms with Gasteiger partial charge in [-0.2, -0.15) is 0 Å². The van der Waals surface area contributed by atoms with Crippen LogP contribution in [0.5, 0.6) is 0 Å². The van der Waals surface area contributed by atoms with Gasteiger partial charge in [-0.1, -0.05) is 0 Å². The van der Waals surface area contributed by atoms with Gasteiger partial charge in [-0.25, -0.2) is 4.79 Å². The number of likely N-dealkylation sites (tertiary alicyclic amines) is 1. The van der Waals surface area contributed by atoms with Gasteiger partial charge in [0.25, 0.3) is 0 Å². The summed E-state index contributed by atoms with van der Waals surface area (Å²) in [6.07, 6.45) is 3.20. The Morgan fingerprint density at radius 3 is 2.86 bits per heavy atom. The number of hydrogen-bond acceptors (Lipinski definition) is 4. The van der Waals surface area contributed by atoms with Crippen LogP contribution >= 0.6 is 0 Å². The molecule has 1 amide bonds. The summed E-state index contributed by atoms with van der Waals surface area (Å²) >= 11 is 0. The number of hydrogen-bond donors (Lipinski definition) is 0. The quantitative estimate of drug-likeness (QED) is 0.855. The molecule has 5 nitrogen and oxygen atoms in total. The van der Waals surface area contributed by atoms with E-state index < -0.39 is 5.60 Å². The van der Waals surface area contributed by atoms with Crippen molar-refractivity contribution in [2.45, 2.75) is 58.3 Å². The number of rotatable bonds is 3. The second kappa shape index (κ2) is 6.10.